The summed E-state index contributed by atoms with van der Waals surface area (Å²) in [6, 6.07) is 5.98. The number of aromatic nitrogens is 4. The maximum absolute atomic E-state index is 14.6. The van der Waals surface area contributed by atoms with Crippen LogP contribution in [0.15, 0.2) is 40.8 Å². The zero-order chi connectivity index (χ0) is 21.4. The quantitative estimate of drug-likeness (QED) is 0.406. The van der Waals surface area contributed by atoms with E-state index >= 15 is 0 Å². The van der Waals surface area contributed by atoms with Crippen LogP contribution in [-0.2, 0) is 6.54 Å². The summed E-state index contributed by atoms with van der Waals surface area (Å²) >= 11 is 7.15. The number of rotatable bonds is 5. The van der Waals surface area contributed by atoms with E-state index in [2.05, 4.69) is 20.3 Å². The fourth-order valence-electron chi connectivity index (χ4n) is 3.08. The topological polar surface area (TPSA) is 123 Å². The number of nitrogens with two attached hydrogens (primary N) is 1. The molecule has 0 bridgehead atoms. The number of hydrogen-bond donors (Lipinski definition) is 3. The number of nitrogens with zero attached hydrogens (tertiary/aromatic N) is 4. The van der Waals surface area contributed by atoms with Crippen molar-refractivity contribution in [2.75, 3.05) is 11.1 Å². The summed E-state index contributed by atoms with van der Waals surface area (Å²) < 4.78 is 15.8. The van der Waals surface area contributed by atoms with Crippen molar-refractivity contribution in [3.63, 3.8) is 0 Å². The van der Waals surface area contributed by atoms with Gasteiger partial charge in [0.2, 0.25) is 0 Å². The predicted octanol–water partition coefficient (Wildman–Crippen LogP) is 3.44. The Hall–Kier alpha value is -3.37. The van der Waals surface area contributed by atoms with Crippen molar-refractivity contribution in [2.45, 2.75) is 13.5 Å². The Kier molecular flexibility index (Phi) is 5.18. The molecule has 4 N–H and O–H groups in total. The summed E-state index contributed by atoms with van der Waals surface area (Å²) in [7, 11) is 0. The molecular formula is C19H15ClFN7OS. The van der Waals surface area contributed by atoms with E-state index in [1.807, 2.05) is 12.3 Å². The summed E-state index contributed by atoms with van der Waals surface area (Å²) in [6.45, 7) is 1.82. The van der Waals surface area contributed by atoms with E-state index in [0.29, 0.717) is 10.2 Å². The molecule has 4 aromatic rings. The standard InChI is InChI=1S/C19H15ClFN7OS/c1-9-7-30-18-13(9)19(29)28(11-5-3-2-4-10(11)21)12(27-18)6-24-17-14(15(20)22)16(23)25-8-26-17/h2-5,7-8,22H,6H2,1H3,(H3,23,24,25,26). The molecule has 0 spiro atoms. The fraction of sp³-hybridized carbons (Fsp3) is 0.105. The highest BCUT2D eigenvalue weighted by Crippen LogP contribution is 2.24. The van der Waals surface area contributed by atoms with E-state index in [9.17, 15) is 9.18 Å². The van der Waals surface area contributed by atoms with Crippen LogP contribution in [0.3, 0.4) is 0 Å². The van der Waals surface area contributed by atoms with Crippen LogP contribution in [0, 0.1) is 18.2 Å². The molecular weight excluding hydrogens is 429 g/mol. The second-order valence-corrected chi connectivity index (χ2v) is 7.60. The van der Waals surface area contributed by atoms with Gasteiger partial charge >= 0.3 is 0 Å². The first kappa shape index (κ1) is 19.9. The van der Waals surface area contributed by atoms with E-state index in [-0.39, 0.29) is 46.0 Å². The van der Waals surface area contributed by atoms with Crippen LogP contribution in [-0.4, -0.2) is 24.7 Å². The van der Waals surface area contributed by atoms with E-state index < -0.39 is 5.82 Å². The van der Waals surface area contributed by atoms with Crippen molar-refractivity contribution < 1.29 is 4.39 Å². The highest BCUT2D eigenvalue weighted by molar-refractivity contribution is 7.16. The van der Waals surface area contributed by atoms with Gasteiger partial charge in [0, 0.05) is 0 Å². The largest absolute Gasteiger partial charge is 0.383 e. The highest BCUT2D eigenvalue weighted by Gasteiger charge is 2.19. The number of thiophene rings is 1. The number of para-hydroxylation sites is 1. The van der Waals surface area contributed by atoms with Gasteiger partial charge in [-0.2, -0.15) is 0 Å². The highest BCUT2D eigenvalue weighted by atomic mass is 35.5. The summed E-state index contributed by atoms with van der Waals surface area (Å²) in [6.07, 6.45) is 1.23. The lowest BCUT2D eigenvalue weighted by molar-refractivity contribution is 0.612. The molecule has 0 amide bonds. The Bertz CT molecular complexity index is 1350. The van der Waals surface area contributed by atoms with Crippen molar-refractivity contribution in [2.24, 2.45) is 0 Å². The van der Waals surface area contributed by atoms with E-state index in [1.54, 1.807) is 12.1 Å². The normalized spacial score (nSPS) is 11.0. The summed E-state index contributed by atoms with van der Waals surface area (Å²) in [5, 5.41) is 12.6. The van der Waals surface area contributed by atoms with Crippen LogP contribution in [0.4, 0.5) is 16.0 Å². The van der Waals surface area contributed by atoms with E-state index in [0.717, 1.165) is 5.56 Å². The summed E-state index contributed by atoms with van der Waals surface area (Å²) in [5.41, 5.74) is 6.43. The van der Waals surface area contributed by atoms with Crippen molar-refractivity contribution >= 4 is 50.0 Å². The molecule has 4 rings (SSSR count). The lowest BCUT2D eigenvalue weighted by Gasteiger charge is -2.15. The van der Waals surface area contributed by atoms with Gasteiger partial charge in [0.25, 0.3) is 5.56 Å². The smallest absolute Gasteiger partial charge is 0.267 e. The van der Waals surface area contributed by atoms with Gasteiger partial charge in [-0.05, 0) is 30.0 Å². The third kappa shape index (κ3) is 3.40. The summed E-state index contributed by atoms with van der Waals surface area (Å²) in [4.78, 5) is 26.3. The second kappa shape index (κ2) is 7.81. The predicted molar refractivity (Wildman–Crippen MR) is 116 cm³/mol. The van der Waals surface area contributed by atoms with Gasteiger partial charge in [0.15, 0.2) is 0 Å². The molecule has 152 valence electrons. The molecule has 0 saturated heterocycles. The minimum Gasteiger partial charge on any atom is -0.383 e. The number of hydrogen-bond acceptors (Lipinski definition) is 8. The third-order valence-corrected chi connectivity index (χ3v) is 5.64. The Labute approximate surface area is 178 Å². The first-order chi connectivity index (χ1) is 14.4. The molecule has 0 aliphatic rings. The Morgan fingerprint density at radius 3 is 2.87 bits per heavy atom. The zero-order valence-corrected chi connectivity index (χ0v) is 17.2. The molecule has 0 saturated carbocycles. The van der Waals surface area contributed by atoms with E-state index in [1.165, 1.54) is 34.4 Å². The molecule has 30 heavy (non-hydrogen) atoms. The number of fused-ring (bicyclic) bond motifs is 1. The Morgan fingerprint density at radius 2 is 2.13 bits per heavy atom. The van der Waals surface area contributed by atoms with Crippen LogP contribution < -0.4 is 16.6 Å². The van der Waals surface area contributed by atoms with Gasteiger partial charge in [0.05, 0.1) is 23.2 Å². The lowest BCUT2D eigenvalue weighted by Crippen LogP contribution is -2.26. The van der Waals surface area contributed by atoms with Gasteiger partial charge in [-0.25, -0.2) is 19.3 Å². The number of aryl methyl sites for hydroxylation is 1. The number of anilines is 2. The maximum Gasteiger partial charge on any atom is 0.267 e. The number of halogens is 2. The lowest BCUT2D eigenvalue weighted by atomic mass is 10.2. The second-order valence-electron chi connectivity index (χ2n) is 6.37. The van der Waals surface area contributed by atoms with Crippen molar-refractivity contribution in [1.82, 2.24) is 19.5 Å². The number of nitrogens with one attached hydrogen (secondary N) is 2. The fourth-order valence-corrected chi connectivity index (χ4v) is 4.20. The van der Waals surface area contributed by atoms with Crippen molar-refractivity contribution in [3.8, 4) is 5.69 Å². The van der Waals surface area contributed by atoms with Gasteiger partial charge in [-0.1, -0.05) is 23.7 Å². The molecule has 3 aromatic heterocycles. The molecule has 0 fully saturated rings. The Morgan fingerprint density at radius 1 is 1.37 bits per heavy atom. The number of nitrogen functional groups attached to an aromatic ring is 1. The SMILES string of the molecule is Cc1csc2nc(CNc3ncnc(N)c3C(=N)Cl)n(-c3ccccc3F)c(=O)c12. The van der Waals surface area contributed by atoms with Crippen molar-refractivity contribution in [1.29, 1.82) is 5.41 Å². The molecule has 3 heterocycles. The molecule has 0 unspecified atom stereocenters. The van der Waals surface area contributed by atoms with Gasteiger partial charge < -0.3 is 11.1 Å². The molecule has 8 nitrogen and oxygen atoms in total. The first-order valence-corrected chi connectivity index (χ1v) is 9.97. The average Bonchev–Trinajstić information content (AvgIpc) is 3.08. The van der Waals surface area contributed by atoms with Gasteiger partial charge in [0.1, 0.15) is 39.6 Å². The monoisotopic (exact) mass is 443 g/mol. The van der Waals surface area contributed by atoms with Crippen LogP contribution in [0.5, 0.6) is 0 Å². The molecule has 0 atom stereocenters. The average molecular weight is 444 g/mol. The third-order valence-electron chi connectivity index (χ3n) is 4.46. The number of benzene rings is 1. The maximum atomic E-state index is 14.6. The molecule has 0 aliphatic heterocycles. The van der Waals surface area contributed by atoms with Crippen LogP contribution in [0.25, 0.3) is 15.9 Å². The molecule has 1 aromatic carbocycles. The van der Waals surface area contributed by atoms with Gasteiger partial charge in [-0.3, -0.25) is 14.8 Å². The van der Waals surface area contributed by atoms with Crippen LogP contribution in [0.2, 0.25) is 0 Å². The minimum atomic E-state index is -0.551. The Balaban J connectivity index is 1.87. The molecule has 0 radical (unpaired) electrons. The van der Waals surface area contributed by atoms with E-state index in [4.69, 9.17) is 22.7 Å². The van der Waals surface area contributed by atoms with Crippen molar-refractivity contribution in [3.05, 3.63) is 69.1 Å². The van der Waals surface area contributed by atoms with Gasteiger partial charge in [-0.15, -0.1) is 11.3 Å². The molecule has 11 heteroatoms. The van der Waals surface area contributed by atoms with Crippen LogP contribution >= 0.6 is 22.9 Å². The summed E-state index contributed by atoms with van der Waals surface area (Å²) in [5.74, 6) is -0.0383. The zero-order valence-electron chi connectivity index (χ0n) is 15.6. The van der Waals surface area contributed by atoms with Crippen LogP contribution in [0.1, 0.15) is 17.0 Å². The minimum absolute atomic E-state index is 0.00405. The molecule has 0 aliphatic carbocycles. The first-order valence-electron chi connectivity index (χ1n) is 8.72.